The Balaban J connectivity index is 2.08. The van der Waals surface area contributed by atoms with Crippen LogP contribution in [0.25, 0.3) is 0 Å². The van der Waals surface area contributed by atoms with E-state index < -0.39 is 0 Å². The van der Waals surface area contributed by atoms with E-state index in [1.807, 2.05) is 6.07 Å². The van der Waals surface area contributed by atoms with E-state index in [4.69, 9.17) is 10.8 Å². The summed E-state index contributed by atoms with van der Waals surface area (Å²) < 4.78 is 0.942. The van der Waals surface area contributed by atoms with Crippen molar-refractivity contribution in [2.24, 2.45) is 5.92 Å². The fraction of sp³-hybridized carbons (Fsp3) is 0.545. The summed E-state index contributed by atoms with van der Waals surface area (Å²) in [6.45, 7) is 2.24. The van der Waals surface area contributed by atoms with Crippen LogP contribution in [-0.2, 0) is 0 Å². The van der Waals surface area contributed by atoms with Crippen LogP contribution in [0.4, 0.5) is 11.5 Å². The van der Waals surface area contributed by atoms with Crippen LogP contribution >= 0.6 is 15.9 Å². The minimum Gasteiger partial charge on any atom is -0.397 e. The minimum absolute atomic E-state index is 0.273. The number of rotatable bonds is 3. The normalized spacial score (nSPS) is 20.4. The zero-order valence-corrected chi connectivity index (χ0v) is 10.7. The second kappa shape index (κ2) is 5.01. The Kier molecular flexibility index (Phi) is 3.66. The SMILES string of the molecule is Nc1cnc(N2CCC(CCO)C2)c(Br)c1. The van der Waals surface area contributed by atoms with Crippen molar-refractivity contribution in [3.05, 3.63) is 16.7 Å². The summed E-state index contributed by atoms with van der Waals surface area (Å²) >= 11 is 3.48. The summed E-state index contributed by atoms with van der Waals surface area (Å²) in [7, 11) is 0. The first-order valence-electron chi connectivity index (χ1n) is 5.47. The molecule has 3 N–H and O–H groups in total. The molecule has 1 aromatic heterocycles. The lowest BCUT2D eigenvalue weighted by Crippen LogP contribution is -2.21. The average Bonchev–Trinajstić information content (AvgIpc) is 2.67. The highest BCUT2D eigenvalue weighted by atomic mass is 79.9. The Bertz CT molecular complexity index is 372. The van der Waals surface area contributed by atoms with E-state index in [-0.39, 0.29) is 6.61 Å². The number of nitrogen functional groups attached to an aromatic ring is 1. The number of halogens is 1. The molecule has 0 bridgehead atoms. The molecule has 0 aromatic carbocycles. The summed E-state index contributed by atoms with van der Waals surface area (Å²) in [6.07, 6.45) is 3.68. The molecule has 0 amide bonds. The van der Waals surface area contributed by atoms with Gasteiger partial charge in [-0.05, 0) is 40.8 Å². The molecule has 1 aliphatic rings. The van der Waals surface area contributed by atoms with Crippen LogP contribution in [0.1, 0.15) is 12.8 Å². The Morgan fingerprint density at radius 1 is 1.62 bits per heavy atom. The van der Waals surface area contributed by atoms with Crippen LogP contribution in [-0.4, -0.2) is 29.8 Å². The molecule has 1 atom stereocenters. The molecule has 0 radical (unpaired) electrons. The first kappa shape index (κ1) is 11.7. The van der Waals surface area contributed by atoms with E-state index in [1.54, 1.807) is 6.20 Å². The molecule has 0 saturated carbocycles. The lowest BCUT2D eigenvalue weighted by Gasteiger charge is -2.18. The molecule has 1 aliphatic heterocycles. The zero-order chi connectivity index (χ0) is 11.5. The van der Waals surface area contributed by atoms with Gasteiger partial charge in [0.05, 0.1) is 16.4 Å². The lowest BCUT2D eigenvalue weighted by molar-refractivity contribution is 0.263. The molecule has 16 heavy (non-hydrogen) atoms. The van der Waals surface area contributed by atoms with Gasteiger partial charge in [-0.15, -0.1) is 0 Å². The quantitative estimate of drug-likeness (QED) is 0.886. The largest absolute Gasteiger partial charge is 0.397 e. The van der Waals surface area contributed by atoms with Crippen molar-refractivity contribution in [3.8, 4) is 0 Å². The van der Waals surface area contributed by atoms with Gasteiger partial charge in [-0.2, -0.15) is 0 Å². The van der Waals surface area contributed by atoms with Crippen LogP contribution in [0.2, 0.25) is 0 Å². The van der Waals surface area contributed by atoms with Crippen molar-refractivity contribution in [3.63, 3.8) is 0 Å². The topological polar surface area (TPSA) is 62.4 Å². The predicted molar refractivity (Wildman–Crippen MR) is 68.4 cm³/mol. The van der Waals surface area contributed by atoms with E-state index in [9.17, 15) is 0 Å². The average molecular weight is 286 g/mol. The van der Waals surface area contributed by atoms with Crippen LogP contribution in [0.15, 0.2) is 16.7 Å². The first-order chi connectivity index (χ1) is 7.70. The van der Waals surface area contributed by atoms with Gasteiger partial charge in [-0.25, -0.2) is 4.98 Å². The second-order valence-corrected chi connectivity index (χ2v) is 5.04. The molecular weight excluding hydrogens is 270 g/mol. The van der Waals surface area contributed by atoms with Gasteiger partial charge in [0.15, 0.2) is 0 Å². The molecule has 0 aliphatic carbocycles. The van der Waals surface area contributed by atoms with E-state index in [2.05, 4.69) is 25.8 Å². The number of aliphatic hydroxyl groups is 1. The van der Waals surface area contributed by atoms with Crippen LogP contribution in [0.3, 0.4) is 0 Å². The molecule has 1 fully saturated rings. The number of aliphatic hydroxyl groups excluding tert-OH is 1. The van der Waals surface area contributed by atoms with Gasteiger partial charge < -0.3 is 15.7 Å². The van der Waals surface area contributed by atoms with Crippen molar-refractivity contribution in [2.45, 2.75) is 12.8 Å². The van der Waals surface area contributed by atoms with E-state index in [0.29, 0.717) is 11.6 Å². The van der Waals surface area contributed by atoms with Gasteiger partial charge in [0.25, 0.3) is 0 Å². The van der Waals surface area contributed by atoms with Crippen molar-refractivity contribution >= 4 is 27.4 Å². The number of aromatic nitrogens is 1. The highest BCUT2D eigenvalue weighted by Gasteiger charge is 2.24. The third kappa shape index (κ3) is 2.47. The van der Waals surface area contributed by atoms with Crippen molar-refractivity contribution in [1.29, 1.82) is 0 Å². The molecule has 4 nitrogen and oxygen atoms in total. The first-order valence-corrected chi connectivity index (χ1v) is 6.27. The Morgan fingerprint density at radius 2 is 2.44 bits per heavy atom. The fourth-order valence-corrected chi connectivity index (χ4v) is 2.74. The standard InChI is InChI=1S/C11H16BrN3O/c12-10-5-9(13)6-14-11(10)15-3-1-8(7-15)2-4-16/h5-6,8,16H,1-4,7,13H2. The summed E-state index contributed by atoms with van der Waals surface area (Å²) in [5.41, 5.74) is 6.33. The van der Waals surface area contributed by atoms with Gasteiger partial charge in [0, 0.05) is 19.7 Å². The Hall–Kier alpha value is -0.810. The van der Waals surface area contributed by atoms with Crippen molar-refractivity contribution in [2.75, 3.05) is 30.3 Å². The van der Waals surface area contributed by atoms with Gasteiger partial charge in [0.2, 0.25) is 0 Å². The molecule has 1 saturated heterocycles. The molecule has 0 spiro atoms. The maximum atomic E-state index is 8.91. The fourth-order valence-electron chi connectivity index (χ4n) is 2.12. The van der Waals surface area contributed by atoms with E-state index in [1.165, 1.54) is 0 Å². The van der Waals surface area contributed by atoms with Crippen LogP contribution in [0, 0.1) is 5.92 Å². The summed E-state index contributed by atoms with van der Waals surface area (Å²) in [4.78, 5) is 6.59. The third-order valence-electron chi connectivity index (χ3n) is 2.97. The van der Waals surface area contributed by atoms with Crippen LogP contribution in [0.5, 0.6) is 0 Å². The second-order valence-electron chi connectivity index (χ2n) is 4.19. The van der Waals surface area contributed by atoms with Gasteiger partial charge in [-0.3, -0.25) is 0 Å². The molecule has 2 heterocycles. The summed E-state index contributed by atoms with van der Waals surface area (Å²) in [5, 5.41) is 8.91. The Labute approximate surface area is 104 Å². The van der Waals surface area contributed by atoms with Crippen molar-refractivity contribution < 1.29 is 5.11 Å². The molecule has 2 rings (SSSR count). The maximum absolute atomic E-state index is 8.91. The number of nitrogens with zero attached hydrogens (tertiary/aromatic N) is 2. The monoisotopic (exact) mass is 285 g/mol. The summed E-state index contributed by atoms with van der Waals surface area (Å²) in [5.74, 6) is 1.53. The third-order valence-corrected chi connectivity index (χ3v) is 3.55. The predicted octanol–water partition coefficient (Wildman–Crippen LogP) is 1.64. The number of anilines is 2. The molecule has 88 valence electrons. The summed E-state index contributed by atoms with van der Waals surface area (Å²) in [6, 6.07) is 1.88. The molecule has 1 unspecified atom stereocenters. The Morgan fingerprint density at radius 3 is 3.12 bits per heavy atom. The highest BCUT2D eigenvalue weighted by Crippen LogP contribution is 2.30. The lowest BCUT2D eigenvalue weighted by atomic mass is 10.1. The zero-order valence-electron chi connectivity index (χ0n) is 9.06. The molecular formula is C11H16BrN3O. The van der Waals surface area contributed by atoms with Gasteiger partial charge >= 0.3 is 0 Å². The molecule has 1 aromatic rings. The highest BCUT2D eigenvalue weighted by molar-refractivity contribution is 9.10. The minimum atomic E-state index is 0.273. The number of nitrogens with two attached hydrogens (primary N) is 1. The molecule has 5 heteroatoms. The van der Waals surface area contributed by atoms with Crippen molar-refractivity contribution in [1.82, 2.24) is 4.98 Å². The van der Waals surface area contributed by atoms with Gasteiger partial charge in [0.1, 0.15) is 5.82 Å². The van der Waals surface area contributed by atoms with E-state index >= 15 is 0 Å². The maximum Gasteiger partial charge on any atom is 0.143 e. The smallest absolute Gasteiger partial charge is 0.143 e. The number of pyridine rings is 1. The number of hydrogen-bond donors (Lipinski definition) is 2. The van der Waals surface area contributed by atoms with Crippen LogP contribution < -0.4 is 10.6 Å². The number of hydrogen-bond acceptors (Lipinski definition) is 4. The van der Waals surface area contributed by atoms with E-state index in [0.717, 1.165) is 36.2 Å². The van der Waals surface area contributed by atoms with Gasteiger partial charge in [-0.1, -0.05) is 0 Å².